The number of nitrogens with one attached hydrogen (secondary N) is 1. The fourth-order valence-electron chi connectivity index (χ4n) is 4.22. The molecule has 1 aliphatic heterocycles. The second-order valence-corrected chi connectivity index (χ2v) is 7.33. The molecule has 1 saturated heterocycles. The van der Waals surface area contributed by atoms with E-state index in [2.05, 4.69) is 43.1 Å². The largest absolute Gasteiger partial charge is 0.312 e. The molecule has 1 aliphatic carbocycles. The lowest BCUT2D eigenvalue weighted by Crippen LogP contribution is -2.45. The van der Waals surface area contributed by atoms with Gasteiger partial charge in [0.15, 0.2) is 0 Å². The number of likely N-dealkylation sites (N-methyl/N-ethyl adjacent to an activating group) is 1. The zero-order valence-corrected chi connectivity index (χ0v) is 14.1. The number of likely N-dealkylation sites (tertiary alicyclic amines) is 1. The molecule has 3 atom stereocenters. The first kappa shape index (κ1) is 16.3. The van der Waals surface area contributed by atoms with E-state index in [-0.39, 0.29) is 0 Å². The van der Waals surface area contributed by atoms with Crippen molar-refractivity contribution in [3.63, 3.8) is 0 Å². The van der Waals surface area contributed by atoms with Crippen LogP contribution in [0.15, 0.2) is 0 Å². The average Bonchev–Trinajstić information content (AvgIpc) is 3.03. The van der Waals surface area contributed by atoms with Gasteiger partial charge in [0.25, 0.3) is 0 Å². The van der Waals surface area contributed by atoms with Crippen LogP contribution >= 0.6 is 0 Å². The predicted octanol–water partition coefficient (Wildman–Crippen LogP) is 2.43. The van der Waals surface area contributed by atoms with Crippen LogP contribution in [-0.4, -0.2) is 62.2 Å². The maximum atomic E-state index is 3.84. The van der Waals surface area contributed by atoms with E-state index in [0.29, 0.717) is 0 Å². The second kappa shape index (κ2) is 7.77. The van der Waals surface area contributed by atoms with E-state index in [0.717, 1.165) is 23.9 Å². The fourth-order valence-corrected chi connectivity index (χ4v) is 4.22. The van der Waals surface area contributed by atoms with Gasteiger partial charge >= 0.3 is 0 Å². The number of hydrogen-bond donors (Lipinski definition) is 1. The molecular formula is C17H35N3. The molecule has 2 aliphatic rings. The summed E-state index contributed by atoms with van der Waals surface area (Å²) in [5.41, 5.74) is 0. The van der Waals surface area contributed by atoms with Gasteiger partial charge in [-0.1, -0.05) is 26.7 Å². The summed E-state index contributed by atoms with van der Waals surface area (Å²) in [4.78, 5) is 5.12. The van der Waals surface area contributed by atoms with Gasteiger partial charge in [0.05, 0.1) is 0 Å². The van der Waals surface area contributed by atoms with Crippen molar-refractivity contribution in [3.05, 3.63) is 0 Å². The lowest BCUT2D eigenvalue weighted by molar-refractivity contribution is 0.220. The maximum Gasteiger partial charge on any atom is 0.0254 e. The predicted molar refractivity (Wildman–Crippen MR) is 87.1 cm³/mol. The molecule has 2 fully saturated rings. The third-order valence-corrected chi connectivity index (χ3v) is 5.39. The summed E-state index contributed by atoms with van der Waals surface area (Å²) >= 11 is 0. The Bertz CT molecular complexity index is 273. The lowest BCUT2D eigenvalue weighted by atomic mass is 9.97. The van der Waals surface area contributed by atoms with Gasteiger partial charge in [0.1, 0.15) is 0 Å². The average molecular weight is 281 g/mol. The van der Waals surface area contributed by atoms with Gasteiger partial charge in [-0.2, -0.15) is 0 Å². The Morgan fingerprint density at radius 3 is 2.45 bits per heavy atom. The summed E-state index contributed by atoms with van der Waals surface area (Å²) in [7, 11) is 4.46. The SMILES string of the molecule is CCCNC(CN1CC(C)C(N(C)C)C1)C1CCCC1. The zero-order chi connectivity index (χ0) is 14.5. The van der Waals surface area contributed by atoms with Crippen molar-refractivity contribution >= 4 is 0 Å². The van der Waals surface area contributed by atoms with Gasteiger partial charge in [-0.3, -0.25) is 4.90 Å². The summed E-state index contributed by atoms with van der Waals surface area (Å²) in [5, 5.41) is 3.84. The van der Waals surface area contributed by atoms with Crippen LogP contribution in [0, 0.1) is 11.8 Å². The number of hydrogen-bond acceptors (Lipinski definition) is 3. The molecule has 0 bridgehead atoms. The molecule has 3 nitrogen and oxygen atoms in total. The zero-order valence-electron chi connectivity index (χ0n) is 14.1. The molecule has 20 heavy (non-hydrogen) atoms. The molecule has 2 rings (SSSR count). The van der Waals surface area contributed by atoms with Gasteiger partial charge < -0.3 is 10.2 Å². The Hall–Kier alpha value is -0.120. The van der Waals surface area contributed by atoms with Crippen LogP contribution in [0.4, 0.5) is 0 Å². The molecule has 0 aromatic carbocycles. The molecule has 1 N–H and O–H groups in total. The Kier molecular flexibility index (Phi) is 6.31. The van der Waals surface area contributed by atoms with Crippen molar-refractivity contribution in [2.75, 3.05) is 40.3 Å². The quantitative estimate of drug-likeness (QED) is 0.773. The highest BCUT2D eigenvalue weighted by atomic mass is 15.2. The minimum Gasteiger partial charge on any atom is -0.312 e. The standard InChI is InChI=1S/C17H35N3/c1-5-10-18-16(15-8-6-7-9-15)12-20-11-14(2)17(13-20)19(3)4/h14-18H,5-13H2,1-4H3. The van der Waals surface area contributed by atoms with Crippen LogP contribution in [-0.2, 0) is 0 Å². The second-order valence-electron chi connectivity index (χ2n) is 7.33. The minimum absolute atomic E-state index is 0.727. The molecule has 0 radical (unpaired) electrons. The van der Waals surface area contributed by atoms with Gasteiger partial charge in [-0.05, 0) is 51.7 Å². The summed E-state index contributed by atoms with van der Waals surface area (Å²) in [6.45, 7) is 9.67. The van der Waals surface area contributed by atoms with E-state index in [1.807, 2.05) is 0 Å². The third-order valence-electron chi connectivity index (χ3n) is 5.39. The first-order valence-corrected chi connectivity index (χ1v) is 8.74. The van der Waals surface area contributed by atoms with E-state index < -0.39 is 0 Å². The Morgan fingerprint density at radius 1 is 1.20 bits per heavy atom. The van der Waals surface area contributed by atoms with Crippen molar-refractivity contribution in [1.29, 1.82) is 0 Å². The Morgan fingerprint density at radius 2 is 1.90 bits per heavy atom. The summed E-state index contributed by atoms with van der Waals surface area (Å²) in [5.74, 6) is 1.73. The van der Waals surface area contributed by atoms with Gasteiger partial charge in [-0.15, -0.1) is 0 Å². The highest BCUT2D eigenvalue weighted by Crippen LogP contribution is 2.29. The van der Waals surface area contributed by atoms with Gasteiger partial charge in [-0.25, -0.2) is 0 Å². The highest BCUT2D eigenvalue weighted by Gasteiger charge is 2.34. The molecule has 3 unspecified atom stereocenters. The van der Waals surface area contributed by atoms with Crippen LogP contribution in [0.5, 0.6) is 0 Å². The Balaban J connectivity index is 1.87. The highest BCUT2D eigenvalue weighted by molar-refractivity contribution is 4.90. The van der Waals surface area contributed by atoms with E-state index in [1.165, 1.54) is 58.3 Å². The molecule has 1 heterocycles. The monoisotopic (exact) mass is 281 g/mol. The number of rotatable bonds is 7. The van der Waals surface area contributed by atoms with Crippen molar-refractivity contribution in [1.82, 2.24) is 15.1 Å². The van der Waals surface area contributed by atoms with E-state index >= 15 is 0 Å². The molecule has 0 spiro atoms. The van der Waals surface area contributed by atoms with Gasteiger partial charge in [0, 0.05) is 31.7 Å². The molecular weight excluding hydrogens is 246 g/mol. The fraction of sp³-hybridized carbons (Fsp3) is 1.00. The summed E-state index contributed by atoms with van der Waals surface area (Å²) in [6, 6.07) is 1.47. The summed E-state index contributed by atoms with van der Waals surface area (Å²) < 4.78 is 0. The van der Waals surface area contributed by atoms with Gasteiger partial charge in [0.2, 0.25) is 0 Å². The molecule has 0 amide bonds. The number of nitrogens with zero attached hydrogens (tertiary/aromatic N) is 2. The first-order chi connectivity index (χ1) is 9.61. The topological polar surface area (TPSA) is 18.5 Å². The van der Waals surface area contributed by atoms with Crippen LogP contribution in [0.25, 0.3) is 0 Å². The summed E-state index contributed by atoms with van der Waals surface area (Å²) in [6.07, 6.45) is 7.04. The van der Waals surface area contributed by atoms with Crippen molar-refractivity contribution < 1.29 is 0 Å². The third kappa shape index (κ3) is 4.19. The molecule has 118 valence electrons. The van der Waals surface area contributed by atoms with Crippen molar-refractivity contribution in [2.24, 2.45) is 11.8 Å². The van der Waals surface area contributed by atoms with Crippen LogP contribution in [0.1, 0.15) is 46.0 Å². The van der Waals surface area contributed by atoms with E-state index in [1.54, 1.807) is 0 Å². The van der Waals surface area contributed by atoms with E-state index in [4.69, 9.17) is 0 Å². The smallest absolute Gasteiger partial charge is 0.0254 e. The normalized spacial score (nSPS) is 30.4. The van der Waals surface area contributed by atoms with Crippen molar-refractivity contribution in [2.45, 2.75) is 58.0 Å². The molecule has 0 aromatic rings. The van der Waals surface area contributed by atoms with Crippen LogP contribution in [0.3, 0.4) is 0 Å². The molecule has 3 heteroatoms. The first-order valence-electron chi connectivity index (χ1n) is 8.74. The Labute approximate surface area is 126 Å². The van der Waals surface area contributed by atoms with Crippen LogP contribution in [0.2, 0.25) is 0 Å². The maximum absolute atomic E-state index is 3.84. The van der Waals surface area contributed by atoms with Crippen molar-refractivity contribution in [3.8, 4) is 0 Å². The van der Waals surface area contributed by atoms with E-state index in [9.17, 15) is 0 Å². The molecule has 1 saturated carbocycles. The van der Waals surface area contributed by atoms with Crippen LogP contribution < -0.4 is 5.32 Å². The lowest BCUT2D eigenvalue weighted by Gasteiger charge is -2.30. The minimum atomic E-state index is 0.727. The molecule has 0 aromatic heterocycles.